The van der Waals surface area contributed by atoms with E-state index in [0.29, 0.717) is 24.0 Å². The van der Waals surface area contributed by atoms with Crippen molar-refractivity contribution < 1.29 is 19.1 Å². The maximum absolute atomic E-state index is 12.8. The molecule has 2 aromatic rings. The van der Waals surface area contributed by atoms with Gasteiger partial charge in [0.25, 0.3) is 0 Å². The molecule has 0 radical (unpaired) electrons. The van der Waals surface area contributed by atoms with E-state index in [4.69, 9.17) is 10.5 Å². The summed E-state index contributed by atoms with van der Waals surface area (Å²) in [5.74, 6) is -1.08. The molecule has 1 saturated heterocycles. The van der Waals surface area contributed by atoms with Crippen LogP contribution in [0.4, 0.5) is 4.79 Å². The first kappa shape index (κ1) is 21.8. The fraction of sp³-hybridized carbons (Fsp3) is 0.333. The molecule has 0 saturated carbocycles. The Balaban J connectivity index is 1.61. The minimum absolute atomic E-state index is 0.128. The van der Waals surface area contributed by atoms with Crippen LogP contribution in [0.25, 0.3) is 0 Å². The van der Waals surface area contributed by atoms with Crippen LogP contribution in [0.1, 0.15) is 24.0 Å². The van der Waals surface area contributed by atoms with Crippen LogP contribution in [-0.4, -0.2) is 46.4 Å². The molecule has 9 heteroatoms. The number of primary amides is 1. The molecule has 1 aromatic heterocycles. The Morgan fingerprint density at radius 3 is 2.70 bits per heavy atom. The summed E-state index contributed by atoms with van der Waals surface area (Å²) in [6.07, 6.45) is 2.42. The molecular weight excluding hydrogens is 452 g/mol. The van der Waals surface area contributed by atoms with Crippen molar-refractivity contribution in [1.29, 1.82) is 0 Å². The zero-order valence-electron chi connectivity index (χ0n) is 16.3. The lowest BCUT2D eigenvalue weighted by Gasteiger charge is -2.25. The number of hydrogen-bond donors (Lipinski definition) is 2. The standard InChI is InChI=1S/C21H23BrN4O4/c22-18-15(8-4-10-24-18)12-16(19(23)27)25-20(28)17-9-5-11-26(17)21(29)30-13-14-6-2-1-3-7-14/h1-4,6-8,10,16-17H,5,9,11-13H2,(H2,23,27)(H,25,28)/t16-,17+/m0/s1. The summed E-state index contributed by atoms with van der Waals surface area (Å²) in [5.41, 5.74) is 7.10. The fourth-order valence-electron chi connectivity index (χ4n) is 3.34. The first-order valence-electron chi connectivity index (χ1n) is 9.62. The number of halogens is 1. The van der Waals surface area contributed by atoms with Crippen LogP contribution in [0, 0.1) is 0 Å². The van der Waals surface area contributed by atoms with E-state index in [1.54, 1.807) is 18.3 Å². The van der Waals surface area contributed by atoms with E-state index in [-0.39, 0.29) is 13.0 Å². The number of ether oxygens (including phenoxy) is 1. The van der Waals surface area contributed by atoms with Gasteiger partial charge in [0.05, 0.1) is 0 Å². The van der Waals surface area contributed by atoms with Crippen molar-refractivity contribution in [2.45, 2.75) is 38.0 Å². The quantitative estimate of drug-likeness (QED) is 0.596. The van der Waals surface area contributed by atoms with Gasteiger partial charge in [-0.15, -0.1) is 0 Å². The Labute approximate surface area is 182 Å². The number of aromatic nitrogens is 1. The molecule has 30 heavy (non-hydrogen) atoms. The summed E-state index contributed by atoms with van der Waals surface area (Å²) >= 11 is 3.33. The minimum Gasteiger partial charge on any atom is -0.445 e. The van der Waals surface area contributed by atoms with E-state index in [9.17, 15) is 14.4 Å². The van der Waals surface area contributed by atoms with Gasteiger partial charge < -0.3 is 15.8 Å². The lowest BCUT2D eigenvalue weighted by Crippen LogP contribution is -2.53. The molecular formula is C21H23BrN4O4. The Hall–Kier alpha value is -2.94. The van der Waals surface area contributed by atoms with Gasteiger partial charge in [-0.3, -0.25) is 14.5 Å². The fourth-order valence-corrected chi connectivity index (χ4v) is 3.75. The van der Waals surface area contributed by atoms with Crippen molar-refractivity contribution >= 4 is 33.8 Å². The van der Waals surface area contributed by atoms with Gasteiger partial charge in [0.2, 0.25) is 11.8 Å². The third-order valence-electron chi connectivity index (χ3n) is 4.92. The van der Waals surface area contributed by atoms with Crippen LogP contribution in [-0.2, 0) is 27.4 Å². The van der Waals surface area contributed by atoms with Crippen molar-refractivity contribution in [2.75, 3.05) is 6.54 Å². The zero-order valence-corrected chi connectivity index (χ0v) is 17.9. The second-order valence-electron chi connectivity index (χ2n) is 7.01. The van der Waals surface area contributed by atoms with E-state index in [2.05, 4.69) is 26.2 Å². The number of benzene rings is 1. The number of pyridine rings is 1. The second kappa shape index (κ2) is 10.2. The third kappa shape index (κ3) is 5.56. The number of amides is 3. The molecule has 1 aliphatic heterocycles. The number of likely N-dealkylation sites (tertiary alicyclic amines) is 1. The summed E-state index contributed by atoms with van der Waals surface area (Å²) in [4.78, 5) is 42.8. The lowest BCUT2D eigenvalue weighted by atomic mass is 10.1. The number of nitrogens with zero attached hydrogens (tertiary/aromatic N) is 2. The SMILES string of the molecule is NC(=O)[C@H](Cc1cccnc1Br)NC(=O)[C@H]1CCCN1C(=O)OCc1ccccc1. The van der Waals surface area contributed by atoms with E-state index >= 15 is 0 Å². The van der Waals surface area contributed by atoms with Crippen molar-refractivity contribution in [1.82, 2.24) is 15.2 Å². The number of carbonyl (C=O) groups is 3. The van der Waals surface area contributed by atoms with Crippen LogP contribution >= 0.6 is 15.9 Å². The Morgan fingerprint density at radius 1 is 1.23 bits per heavy atom. The van der Waals surface area contributed by atoms with Gasteiger partial charge in [-0.2, -0.15) is 0 Å². The van der Waals surface area contributed by atoms with E-state index in [0.717, 1.165) is 11.1 Å². The van der Waals surface area contributed by atoms with Crippen LogP contribution in [0.3, 0.4) is 0 Å². The predicted molar refractivity (Wildman–Crippen MR) is 113 cm³/mol. The minimum atomic E-state index is -0.916. The van der Waals surface area contributed by atoms with Crippen LogP contribution in [0.15, 0.2) is 53.3 Å². The summed E-state index contributed by atoms with van der Waals surface area (Å²) in [6.45, 7) is 0.546. The molecule has 0 spiro atoms. The summed E-state index contributed by atoms with van der Waals surface area (Å²) in [7, 11) is 0. The molecule has 0 aliphatic carbocycles. The molecule has 2 heterocycles. The molecule has 3 amide bonds. The average Bonchev–Trinajstić information content (AvgIpc) is 3.24. The largest absolute Gasteiger partial charge is 0.445 e. The highest BCUT2D eigenvalue weighted by molar-refractivity contribution is 9.10. The topological polar surface area (TPSA) is 115 Å². The van der Waals surface area contributed by atoms with Gasteiger partial charge in [-0.25, -0.2) is 9.78 Å². The van der Waals surface area contributed by atoms with E-state index < -0.39 is 30.0 Å². The first-order chi connectivity index (χ1) is 14.5. The van der Waals surface area contributed by atoms with Crippen molar-refractivity contribution in [3.8, 4) is 0 Å². The summed E-state index contributed by atoms with van der Waals surface area (Å²) in [5, 5.41) is 2.68. The number of nitrogens with two attached hydrogens (primary N) is 1. The van der Waals surface area contributed by atoms with Crippen LogP contribution in [0.2, 0.25) is 0 Å². The van der Waals surface area contributed by atoms with Crippen molar-refractivity contribution in [2.24, 2.45) is 5.73 Å². The first-order valence-corrected chi connectivity index (χ1v) is 10.4. The molecule has 8 nitrogen and oxygen atoms in total. The van der Waals surface area contributed by atoms with Crippen molar-refractivity contribution in [3.05, 3.63) is 64.4 Å². The monoisotopic (exact) mass is 474 g/mol. The highest BCUT2D eigenvalue weighted by Gasteiger charge is 2.36. The molecule has 0 bridgehead atoms. The number of rotatable bonds is 7. The van der Waals surface area contributed by atoms with Gasteiger partial charge >= 0.3 is 6.09 Å². The lowest BCUT2D eigenvalue weighted by molar-refractivity contribution is -0.130. The second-order valence-corrected chi connectivity index (χ2v) is 7.76. The van der Waals surface area contributed by atoms with Gasteiger partial charge in [-0.1, -0.05) is 36.4 Å². The molecule has 3 N–H and O–H groups in total. The number of nitrogens with one attached hydrogen (secondary N) is 1. The molecule has 1 fully saturated rings. The van der Waals surface area contributed by atoms with Gasteiger partial charge in [0.1, 0.15) is 23.3 Å². The highest BCUT2D eigenvalue weighted by atomic mass is 79.9. The van der Waals surface area contributed by atoms with Crippen LogP contribution in [0.5, 0.6) is 0 Å². The highest BCUT2D eigenvalue weighted by Crippen LogP contribution is 2.20. The molecule has 1 aromatic carbocycles. The van der Waals surface area contributed by atoms with Crippen LogP contribution < -0.4 is 11.1 Å². The van der Waals surface area contributed by atoms with E-state index in [1.165, 1.54) is 4.90 Å². The molecule has 2 atom stereocenters. The predicted octanol–water partition coefficient (Wildman–Crippen LogP) is 2.16. The molecule has 158 valence electrons. The third-order valence-corrected chi connectivity index (χ3v) is 5.63. The number of hydrogen-bond acceptors (Lipinski definition) is 5. The Kier molecular flexibility index (Phi) is 7.40. The van der Waals surface area contributed by atoms with Gasteiger partial charge in [0, 0.05) is 19.2 Å². The Morgan fingerprint density at radius 2 is 2.00 bits per heavy atom. The van der Waals surface area contributed by atoms with Crippen molar-refractivity contribution in [3.63, 3.8) is 0 Å². The van der Waals surface area contributed by atoms with E-state index in [1.807, 2.05) is 30.3 Å². The molecule has 0 unspecified atom stereocenters. The number of carbonyl (C=O) groups excluding carboxylic acids is 3. The maximum atomic E-state index is 12.8. The Bertz CT molecular complexity index is 909. The maximum Gasteiger partial charge on any atom is 0.410 e. The molecule has 1 aliphatic rings. The molecule has 3 rings (SSSR count). The summed E-state index contributed by atoms with van der Waals surface area (Å²) < 4.78 is 5.94. The van der Waals surface area contributed by atoms with Gasteiger partial charge in [-0.05, 0) is 46.0 Å². The average molecular weight is 475 g/mol. The normalized spacial score (nSPS) is 16.7. The summed E-state index contributed by atoms with van der Waals surface area (Å²) in [6, 6.07) is 11.2. The zero-order chi connectivity index (χ0) is 21.5. The smallest absolute Gasteiger partial charge is 0.410 e. The van der Waals surface area contributed by atoms with Gasteiger partial charge in [0.15, 0.2) is 0 Å².